The number of hydrogen-bond acceptors (Lipinski definition) is 2. The average Bonchev–Trinajstić information content (AvgIpc) is 2.42. The molecule has 0 aliphatic heterocycles. The summed E-state index contributed by atoms with van der Waals surface area (Å²) in [6.45, 7) is 10.1. The van der Waals surface area contributed by atoms with E-state index in [0.717, 1.165) is 33.6 Å². The number of para-hydroxylation sites is 1. The van der Waals surface area contributed by atoms with E-state index in [1.807, 2.05) is 52.0 Å². The molecule has 2 nitrogen and oxygen atoms in total. The zero-order valence-corrected chi connectivity index (χ0v) is 13.4. The number of carbonyl (C=O) groups is 1. The van der Waals surface area contributed by atoms with Gasteiger partial charge < -0.3 is 4.74 Å². The molecule has 0 amide bonds. The minimum atomic E-state index is 0.0262. The monoisotopic (exact) mass is 282 g/mol. The second kappa shape index (κ2) is 6.13. The summed E-state index contributed by atoms with van der Waals surface area (Å²) in [5, 5.41) is 0. The number of rotatable bonds is 4. The first-order valence-corrected chi connectivity index (χ1v) is 7.20. The van der Waals surface area contributed by atoms with Gasteiger partial charge in [0.05, 0.1) is 0 Å². The van der Waals surface area contributed by atoms with Gasteiger partial charge in [-0.1, -0.05) is 24.3 Å². The number of Topliss-reactive ketones (excluding diaryl/α,β-unsaturated/α-hetero) is 1. The molecule has 0 aromatic heterocycles. The lowest BCUT2D eigenvalue weighted by molar-refractivity contribution is 0.0920. The lowest BCUT2D eigenvalue weighted by Crippen LogP contribution is -2.14. The predicted molar refractivity (Wildman–Crippen MR) is 86.4 cm³/mol. The summed E-state index contributed by atoms with van der Waals surface area (Å²) < 4.78 is 5.76. The lowest BCUT2D eigenvalue weighted by Gasteiger charge is -2.13. The van der Waals surface area contributed by atoms with Crippen LogP contribution in [0.3, 0.4) is 0 Å². The van der Waals surface area contributed by atoms with Crippen LogP contribution in [-0.4, -0.2) is 12.4 Å². The van der Waals surface area contributed by atoms with Crippen LogP contribution in [0.15, 0.2) is 30.3 Å². The van der Waals surface area contributed by atoms with Crippen molar-refractivity contribution in [3.8, 4) is 5.75 Å². The van der Waals surface area contributed by atoms with E-state index in [2.05, 4.69) is 13.0 Å². The summed E-state index contributed by atoms with van der Waals surface area (Å²) in [6, 6.07) is 10.00. The molecule has 2 rings (SSSR count). The Kier molecular flexibility index (Phi) is 4.46. The second-order valence-corrected chi connectivity index (χ2v) is 5.68. The van der Waals surface area contributed by atoms with Gasteiger partial charge in [-0.2, -0.15) is 0 Å². The molecular weight excluding hydrogens is 260 g/mol. The van der Waals surface area contributed by atoms with E-state index in [0.29, 0.717) is 0 Å². The van der Waals surface area contributed by atoms with Crippen LogP contribution >= 0.6 is 0 Å². The average molecular weight is 282 g/mol. The first kappa shape index (κ1) is 15.3. The van der Waals surface area contributed by atoms with Gasteiger partial charge >= 0.3 is 0 Å². The third kappa shape index (κ3) is 3.33. The molecule has 0 saturated heterocycles. The Labute approximate surface area is 126 Å². The number of ketones is 1. The zero-order valence-electron chi connectivity index (χ0n) is 13.4. The molecule has 2 aromatic rings. The summed E-state index contributed by atoms with van der Waals surface area (Å²) in [5.74, 6) is 0.839. The van der Waals surface area contributed by atoms with E-state index in [4.69, 9.17) is 4.74 Å². The van der Waals surface area contributed by atoms with Crippen molar-refractivity contribution in [2.45, 2.75) is 34.6 Å². The molecule has 2 heteroatoms. The first-order chi connectivity index (χ1) is 9.90. The van der Waals surface area contributed by atoms with Crippen molar-refractivity contribution in [1.29, 1.82) is 0 Å². The Balaban J connectivity index is 2.18. The molecule has 0 bridgehead atoms. The number of carbonyl (C=O) groups excluding carboxylic acids is 1. The van der Waals surface area contributed by atoms with Gasteiger partial charge in [-0.15, -0.1) is 0 Å². The molecule has 0 spiro atoms. The lowest BCUT2D eigenvalue weighted by atomic mass is 9.98. The van der Waals surface area contributed by atoms with E-state index >= 15 is 0 Å². The third-order valence-electron chi connectivity index (χ3n) is 3.90. The molecule has 21 heavy (non-hydrogen) atoms. The molecule has 0 unspecified atom stereocenters. The topological polar surface area (TPSA) is 26.3 Å². The van der Waals surface area contributed by atoms with Crippen LogP contribution in [0.4, 0.5) is 0 Å². The number of ether oxygens (including phenoxy) is 1. The van der Waals surface area contributed by atoms with Crippen LogP contribution in [0.5, 0.6) is 5.75 Å². The fraction of sp³-hybridized carbons (Fsp3) is 0.316. The van der Waals surface area contributed by atoms with Crippen molar-refractivity contribution < 1.29 is 9.53 Å². The maximum absolute atomic E-state index is 12.4. The van der Waals surface area contributed by atoms with Gasteiger partial charge in [0.2, 0.25) is 0 Å². The predicted octanol–water partition coefficient (Wildman–Crippen LogP) is 4.49. The summed E-state index contributed by atoms with van der Waals surface area (Å²) in [7, 11) is 0. The summed E-state index contributed by atoms with van der Waals surface area (Å²) in [6.07, 6.45) is 0. The van der Waals surface area contributed by atoms with Crippen LogP contribution in [0.25, 0.3) is 0 Å². The molecule has 0 aliphatic carbocycles. The van der Waals surface area contributed by atoms with Gasteiger partial charge in [-0.3, -0.25) is 4.79 Å². The van der Waals surface area contributed by atoms with Crippen molar-refractivity contribution in [3.05, 3.63) is 63.7 Å². The molecule has 0 radical (unpaired) electrons. The van der Waals surface area contributed by atoms with E-state index in [1.54, 1.807) is 0 Å². The van der Waals surface area contributed by atoms with Gasteiger partial charge in [-0.25, -0.2) is 0 Å². The zero-order chi connectivity index (χ0) is 15.6. The Morgan fingerprint density at radius 3 is 2.05 bits per heavy atom. The molecule has 0 heterocycles. The maximum atomic E-state index is 12.4. The van der Waals surface area contributed by atoms with E-state index in [-0.39, 0.29) is 12.4 Å². The summed E-state index contributed by atoms with van der Waals surface area (Å²) in [4.78, 5) is 12.4. The summed E-state index contributed by atoms with van der Waals surface area (Å²) >= 11 is 0. The van der Waals surface area contributed by atoms with E-state index in [1.165, 1.54) is 5.56 Å². The van der Waals surface area contributed by atoms with Crippen molar-refractivity contribution in [2.24, 2.45) is 0 Å². The highest BCUT2D eigenvalue weighted by molar-refractivity contribution is 5.98. The Morgan fingerprint density at radius 2 is 1.43 bits per heavy atom. The molecule has 0 N–H and O–H groups in total. The SMILES string of the molecule is Cc1cc(C)c(C(=O)COc2c(C)cccc2C)cc1C. The minimum absolute atomic E-state index is 0.0262. The minimum Gasteiger partial charge on any atom is -0.485 e. The van der Waals surface area contributed by atoms with Gasteiger partial charge in [0.15, 0.2) is 12.4 Å². The highest BCUT2D eigenvalue weighted by Crippen LogP contribution is 2.23. The van der Waals surface area contributed by atoms with Gasteiger partial charge in [0, 0.05) is 5.56 Å². The van der Waals surface area contributed by atoms with Gasteiger partial charge in [-0.05, 0) is 68.5 Å². The van der Waals surface area contributed by atoms with Crippen LogP contribution in [0.1, 0.15) is 38.2 Å². The quantitative estimate of drug-likeness (QED) is 0.772. The highest BCUT2D eigenvalue weighted by Gasteiger charge is 2.13. The highest BCUT2D eigenvalue weighted by atomic mass is 16.5. The largest absolute Gasteiger partial charge is 0.485 e. The fourth-order valence-corrected chi connectivity index (χ4v) is 2.50. The smallest absolute Gasteiger partial charge is 0.200 e. The van der Waals surface area contributed by atoms with Crippen LogP contribution < -0.4 is 4.74 Å². The molecule has 110 valence electrons. The maximum Gasteiger partial charge on any atom is 0.200 e. The Hall–Kier alpha value is -2.09. The molecule has 2 aromatic carbocycles. The van der Waals surface area contributed by atoms with Crippen molar-refractivity contribution >= 4 is 5.78 Å². The van der Waals surface area contributed by atoms with Crippen LogP contribution in [-0.2, 0) is 0 Å². The Morgan fingerprint density at radius 1 is 0.857 bits per heavy atom. The van der Waals surface area contributed by atoms with Crippen molar-refractivity contribution in [1.82, 2.24) is 0 Å². The Bertz CT molecular complexity index is 664. The molecule has 0 aliphatic rings. The van der Waals surface area contributed by atoms with Crippen LogP contribution in [0, 0.1) is 34.6 Å². The summed E-state index contributed by atoms with van der Waals surface area (Å²) in [5.41, 5.74) is 6.22. The second-order valence-electron chi connectivity index (χ2n) is 5.68. The molecule has 0 atom stereocenters. The van der Waals surface area contributed by atoms with Crippen molar-refractivity contribution in [2.75, 3.05) is 6.61 Å². The van der Waals surface area contributed by atoms with Crippen LogP contribution in [0.2, 0.25) is 0 Å². The first-order valence-electron chi connectivity index (χ1n) is 7.20. The third-order valence-corrected chi connectivity index (χ3v) is 3.90. The number of aryl methyl sites for hydroxylation is 5. The van der Waals surface area contributed by atoms with E-state index < -0.39 is 0 Å². The van der Waals surface area contributed by atoms with Gasteiger partial charge in [0.1, 0.15) is 5.75 Å². The molecular formula is C19H22O2. The molecule has 0 fully saturated rings. The van der Waals surface area contributed by atoms with Gasteiger partial charge in [0.25, 0.3) is 0 Å². The molecule has 0 saturated carbocycles. The number of benzene rings is 2. The fourth-order valence-electron chi connectivity index (χ4n) is 2.50. The van der Waals surface area contributed by atoms with E-state index in [9.17, 15) is 4.79 Å². The standard InChI is InChI=1S/C19H22O2/c1-12-7-6-8-13(2)19(12)21-11-18(20)17-10-15(4)14(3)9-16(17)5/h6-10H,11H2,1-5H3. The number of hydrogen-bond donors (Lipinski definition) is 0. The normalized spacial score (nSPS) is 10.5. The van der Waals surface area contributed by atoms with Crippen molar-refractivity contribution in [3.63, 3.8) is 0 Å².